The Balaban J connectivity index is 3.81. The molecular weight excluding hydrogens is 347 g/mol. The van der Waals surface area contributed by atoms with E-state index in [0.717, 1.165) is 38.0 Å². The van der Waals surface area contributed by atoms with Crippen molar-refractivity contribution in [3.05, 3.63) is 11.6 Å². The highest BCUT2D eigenvalue weighted by Crippen LogP contribution is 2.30. The highest BCUT2D eigenvalue weighted by molar-refractivity contribution is 6.23. The van der Waals surface area contributed by atoms with Gasteiger partial charge in [0.05, 0.1) is 0 Å². The van der Waals surface area contributed by atoms with E-state index in [2.05, 4.69) is 40.7 Å². The predicted octanol–water partition coefficient (Wildman–Crippen LogP) is 8.33. The molecule has 0 aliphatic heterocycles. The Hall–Kier alpha value is 0.610. The maximum absolute atomic E-state index is 6.68. The van der Waals surface area contributed by atoms with Crippen molar-refractivity contribution in [1.82, 2.24) is 0 Å². The molecule has 0 aromatic rings. The smallest absolute Gasteiger partial charge is 0.0418 e. The SMILES string of the molecule is C/C(=C\CCl)CCCC(C)(Cl)CCCC(C)CCCC(C)(C)Cl. The van der Waals surface area contributed by atoms with Gasteiger partial charge in [0.2, 0.25) is 0 Å². The topological polar surface area (TPSA) is 0 Å². The fourth-order valence-electron chi connectivity index (χ4n) is 2.93. The number of hydrogen-bond acceptors (Lipinski definition) is 0. The lowest BCUT2D eigenvalue weighted by Crippen LogP contribution is -2.16. The van der Waals surface area contributed by atoms with E-state index in [1.54, 1.807) is 0 Å². The van der Waals surface area contributed by atoms with Crippen LogP contribution in [-0.4, -0.2) is 15.6 Å². The molecule has 0 heterocycles. The van der Waals surface area contributed by atoms with Crippen LogP contribution in [0.4, 0.5) is 0 Å². The van der Waals surface area contributed by atoms with Crippen LogP contribution in [0.5, 0.6) is 0 Å². The lowest BCUT2D eigenvalue weighted by molar-refractivity contribution is 0.404. The van der Waals surface area contributed by atoms with E-state index in [9.17, 15) is 0 Å². The van der Waals surface area contributed by atoms with Crippen molar-refractivity contribution >= 4 is 34.8 Å². The van der Waals surface area contributed by atoms with E-state index >= 15 is 0 Å². The summed E-state index contributed by atoms with van der Waals surface area (Å²) in [5.74, 6) is 1.39. The molecule has 0 spiro atoms. The molecule has 3 heteroatoms. The van der Waals surface area contributed by atoms with Gasteiger partial charge >= 0.3 is 0 Å². The summed E-state index contributed by atoms with van der Waals surface area (Å²) >= 11 is 18.6. The van der Waals surface area contributed by atoms with Crippen LogP contribution in [0.1, 0.15) is 92.4 Å². The molecular formula is C20H37Cl3. The van der Waals surface area contributed by atoms with E-state index in [4.69, 9.17) is 34.8 Å². The molecule has 0 N–H and O–H groups in total. The Morgan fingerprint density at radius 2 is 1.48 bits per heavy atom. The molecule has 0 amide bonds. The normalized spacial score (nSPS) is 17.1. The fourth-order valence-corrected chi connectivity index (χ4v) is 3.59. The third-order valence-electron chi connectivity index (χ3n) is 4.56. The summed E-state index contributed by atoms with van der Waals surface area (Å²) in [6, 6.07) is 0. The van der Waals surface area contributed by atoms with Gasteiger partial charge in [-0.1, -0.05) is 44.3 Å². The lowest BCUT2D eigenvalue weighted by atomic mass is 9.91. The molecule has 0 saturated carbocycles. The van der Waals surface area contributed by atoms with Crippen molar-refractivity contribution < 1.29 is 0 Å². The zero-order chi connectivity index (χ0) is 17.9. The van der Waals surface area contributed by atoms with Gasteiger partial charge in [-0.3, -0.25) is 0 Å². The number of rotatable bonds is 13. The van der Waals surface area contributed by atoms with Crippen molar-refractivity contribution in [3.8, 4) is 0 Å². The Morgan fingerprint density at radius 3 is 2.00 bits per heavy atom. The predicted molar refractivity (Wildman–Crippen MR) is 109 cm³/mol. The molecule has 0 rings (SSSR count). The third-order valence-corrected chi connectivity index (χ3v) is 5.28. The first-order chi connectivity index (χ1) is 10.6. The van der Waals surface area contributed by atoms with Gasteiger partial charge in [-0.25, -0.2) is 0 Å². The quantitative estimate of drug-likeness (QED) is 0.221. The average molecular weight is 384 g/mol. The Morgan fingerprint density at radius 1 is 0.957 bits per heavy atom. The van der Waals surface area contributed by atoms with Gasteiger partial charge in [0.15, 0.2) is 0 Å². The molecule has 0 aliphatic carbocycles. The summed E-state index contributed by atoms with van der Waals surface area (Å²) in [7, 11) is 0. The van der Waals surface area contributed by atoms with Crippen LogP contribution in [0.15, 0.2) is 11.6 Å². The standard InChI is InChI=1S/C20H37Cl3/c1-17(9-6-13-19(3,4)22)10-7-14-20(5,23)15-8-11-18(2)12-16-21/h12,17H,6-11,13-16H2,1-5H3/b18-12+. The van der Waals surface area contributed by atoms with Crippen molar-refractivity contribution in [1.29, 1.82) is 0 Å². The molecule has 0 radical (unpaired) electrons. The van der Waals surface area contributed by atoms with E-state index in [-0.39, 0.29) is 9.75 Å². The summed E-state index contributed by atoms with van der Waals surface area (Å²) < 4.78 is 0. The second kappa shape index (κ2) is 12.0. The third kappa shape index (κ3) is 15.9. The summed E-state index contributed by atoms with van der Waals surface area (Å²) in [6.45, 7) is 10.9. The molecule has 0 aromatic heterocycles. The van der Waals surface area contributed by atoms with Gasteiger partial charge in [0, 0.05) is 15.6 Å². The minimum Gasteiger partial charge on any atom is -0.122 e. The number of alkyl halides is 3. The maximum Gasteiger partial charge on any atom is 0.0418 e. The van der Waals surface area contributed by atoms with Gasteiger partial charge in [0.25, 0.3) is 0 Å². The Kier molecular flexibility index (Phi) is 12.4. The zero-order valence-electron chi connectivity index (χ0n) is 15.9. The first kappa shape index (κ1) is 23.6. The van der Waals surface area contributed by atoms with Crippen LogP contribution in [0.2, 0.25) is 0 Å². The molecule has 23 heavy (non-hydrogen) atoms. The summed E-state index contributed by atoms with van der Waals surface area (Å²) in [4.78, 5) is -0.108. The highest BCUT2D eigenvalue weighted by Gasteiger charge is 2.20. The molecule has 2 unspecified atom stereocenters. The first-order valence-electron chi connectivity index (χ1n) is 9.15. The van der Waals surface area contributed by atoms with Crippen LogP contribution in [-0.2, 0) is 0 Å². The lowest BCUT2D eigenvalue weighted by Gasteiger charge is -2.23. The molecule has 0 saturated heterocycles. The maximum atomic E-state index is 6.68. The minimum atomic E-state index is -0.0565. The molecule has 0 aliphatic rings. The molecule has 2 atom stereocenters. The first-order valence-corrected chi connectivity index (χ1v) is 10.4. The van der Waals surface area contributed by atoms with Gasteiger partial charge < -0.3 is 0 Å². The van der Waals surface area contributed by atoms with E-state index in [0.29, 0.717) is 5.88 Å². The van der Waals surface area contributed by atoms with Crippen molar-refractivity contribution in [3.63, 3.8) is 0 Å². The van der Waals surface area contributed by atoms with Gasteiger partial charge in [-0.2, -0.15) is 0 Å². The van der Waals surface area contributed by atoms with Crippen LogP contribution >= 0.6 is 34.8 Å². The zero-order valence-corrected chi connectivity index (χ0v) is 18.1. The van der Waals surface area contributed by atoms with E-state index in [1.165, 1.54) is 31.3 Å². The largest absolute Gasteiger partial charge is 0.122 e. The van der Waals surface area contributed by atoms with Crippen LogP contribution < -0.4 is 0 Å². The van der Waals surface area contributed by atoms with Crippen LogP contribution in [0.25, 0.3) is 0 Å². The van der Waals surface area contributed by atoms with Gasteiger partial charge in [0.1, 0.15) is 0 Å². The van der Waals surface area contributed by atoms with Crippen molar-refractivity contribution in [2.45, 2.75) is 102 Å². The molecule has 0 aromatic carbocycles. The highest BCUT2D eigenvalue weighted by atomic mass is 35.5. The van der Waals surface area contributed by atoms with Crippen LogP contribution in [0.3, 0.4) is 0 Å². The fraction of sp³-hybridized carbons (Fsp3) is 0.900. The summed E-state index contributed by atoms with van der Waals surface area (Å²) in [5, 5.41) is 0. The number of hydrogen-bond donors (Lipinski definition) is 0. The van der Waals surface area contributed by atoms with Gasteiger partial charge in [-0.05, 0) is 65.7 Å². The van der Waals surface area contributed by atoms with E-state index in [1.807, 2.05) is 0 Å². The minimum absolute atomic E-state index is 0.0511. The Bertz CT molecular complexity index is 326. The van der Waals surface area contributed by atoms with Gasteiger partial charge in [-0.15, -0.1) is 34.8 Å². The molecule has 0 fully saturated rings. The molecule has 138 valence electrons. The van der Waals surface area contributed by atoms with Crippen LogP contribution in [0, 0.1) is 5.92 Å². The molecule has 0 nitrogen and oxygen atoms in total. The average Bonchev–Trinajstić information content (AvgIpc) is 2.36. The number of allylic oxidation sites excluding steroid dienone is 2. The summed E-state index contributed by atoms with van der Waals surface area (Å²) in [6.07, 6.45) is 12.6. The monoisotopic (exact) mass is 382 g/mol. The second-order valence-electron chi connectivity index (χ2n) is 8.08. The summed E-state index contributed by atoms with van der Waals surface area (Å²) in [5.41, 5.74) is 1.38. The van der Waals surface area contributed by atoms with E-state index < -0.39 is 0 Å². The van der Waals surface area contributed by atoms with Crippen molar-refractivity contribution in [2.24, 2.45) is 5.92 Å². The molecule has 0 bridgehead atoms. The van der Waals surface area contributed by atoms with Crippen molar-refractivity contribution in [2.75, 3.05) is 5.88 Å². The Labute approximate surface area is 160 Å². The number of halogens is 3. The second-order valence-corrected chi connectivity index (χ2v) is 10.3.